The van der Waals surface area contributed by atoms with Crippen molar-refractivity contribution in [3.63, 3.8) is 0 Å². The highest BCUT2D eigenvalue weighted by Crippen LogP contribution is 2.32. The Balaban J connectivity index is 0.000000390. The van der Waals surface area contributed by atoms with Gasteiger partial charge in [0.05, 0.1) is 33.2 Å². The summed E-state index contributed by atoms with van der Waals surface area (Å²) < 4.78 is 17.4. The summed E-state index contributed by atoms with van der Waals surface area (Å²) in [6.45, 7) is 4.08. The molecule has 4 heterocycles. The molecule has 1 saturated heterocycles. The molecule has 1 aromatic carbocycles. The van der Waals surface area contributed by atoms with Gasteiger partial charge in [-0.05, 0) is 62.1 Å². The van der Waals surface area contributed by atoms with E-state index in [4.69, 9.17) is 5.11 Å². The molecule has 3 N–H and O–H groups in total. The third kappa shape index (κ3) is 6.90. The molecule has 9 nitrogen and oxygen atoms in total. The van der Waals surface area contributed by atoms with Gasteiger partial charge in [0, 0.05) is 19.3 Å². The Hall–Kier alpha value is -4.40. The topological polar surface area (TPSA) is 100 Å². The molecule has 1 fully saturated rings. The number of aromatic nitrogens is 4. The van der Waals surface area contributed by atoms with Crippen LogP contribution in [-0.4, -0.2) is 61.8 Å². The highest BCUT2D eigenvalue weighted by Gasteiger charge is 2.16. The SMILES string of the molecule is CCCN(C)C(=O)O.Fn1c2cc(Nc3ncnc4cc(C#CC5CCCN5)sc34)ccc2n1CC1=CC=CCC=C1. The van der Waals surface area contributed by atoms with Crippen LogP contribution in [0.1, 0.15) is 37.5 Å². The molecule has 2 aliphatic rings. The standard InChI is InChI=1S/C26H23FN6S.C5H11NO2/c27-33-24-14-20(10-12-23(24)32(33)16-18-6-3-1-2-4-7-18)31-26-25-22(29-17-30-26)15-21(34-25)11-9-19-8-5-13-28-19;1-3-4-6(2)5(7)8/h1,3-4,6-7,10,12,14-15,17,19,28H,2,5,8,13,16H2,(H,29,30,31);3-4H2,1-2H3,(H,7,8). The van der Waals surface area contributed by atoms with Crippen molar-refractivity contribution in [3.05, 3.63) is 71.4 Å². The molecule has 1 amide bonds. The number of allylic oxidation sites excluding steroid dienone is 6. The lowest BCUT2D eigenvalue weighted by Crippen LogP contribution is -2.24. The Kier molecular flexibility index (Phi) is 9.36. The predicted octanol–water partition coefficient (Wildman–Crippen LogP) is 6.48. The van der Waals surface area contributed by atoms with Gasteiger partial charge in [-0.2, -0.15) is 0 Å². The first-order valence-electron chi connectivity index (χ1n) is 14.0. The first kappa shape index (κ1) is 29.1. The Labute approximate surface area is 248 Å². The summed E-state index contributed by atoms with van der Waals surface area (Å²) in [6.07, 6.45) is 15.0. The molecule has 4 aromatic rings. The van der Waals surface area contributed by atoms with Crippen molar-refractivity contribution >= 4 is 50.2 Å². The average molecular weight is 588 g/mol. The van der Waals surface area contributed by atoms with Crippen LogP contribution < -0.4 is 10.6 Å². The van der Waals surface area contributed by atoms with Crippen LogP contribution in [0.25, 0.3) is 21.3 Å². The number of amides is 1. The lowest BCUT2D eigenvalue weighted by atomic mass is 10.2. The maximum absolute atomic E-state index is 14.8. The van der Waals surface area contributed by atoms with Crippen molar-refractivity contribution in [2.24, 2.45) is 0 Å². The fraction of sp³-hybridized carbons (Fsp3) is 0.323. The molecule has 11 heteroatoms. The molecule has 42 heavy (non-hydrogen) atoms. The van der Waals surface area contributed by atoms with Crippen molar-refractivity contribution in [3.8, 4) is 11.8 Å². The number of hydrogen-bond donors (Lipinski definition) is 3. The summed E-state index contributed by atoms with van der Waals surface area (Å²) in [5.74, 6) is 7.28. The van der Waals surface area contributed by atoms with Gasteiger partial charge in [-0.1, -0.05) is 53.6 Å². The smallest absolute Gasteiger partial charge is 0.407 e. The summed E-state index contributed by atoms with van der Waals surface area (Å²) >= 11 is 1.57. The van der Waals surface area contributed by atoms with E-state index in [0.29, 0.717) is 29.3 Å². The molecule has 0 bridgehead atoms. The number of nitrogens with zero attached hydrogens (tertiary/aromatic N) is 5. The number of rotatable bonds is 6. The van der Waals surface area contributed by atoms with Crippen molar-refractivity contribution < 1.29 is 14.4 Å². The minimum Gasteiger partial charge on any atom is -0.465 e. The first-order chi connectivity index (χ1) is 20.4. The van der Waals surface area contributed by atoms with E-state index in [0.717, 1.165) is 57.7 Å². The minimum absolute atomic E-state index is 0.269. The predicted molar refractivity (Wildman–Crippen MR) is 167 cm³/mol. The number of nitrogens with one attached hydrogen (secondary N) is 2. The Morgan fingerprint density at radius 1 is 1.29 bits per heavy atom. The number of anilines is 2. The van der Waals surface area contributed by atoms with E-state index in [9.17, 15) is 9.28 Å². The van der Waals surface area contributed by atoms with Crippen molar-refractivity contribution in [2.45, 2.75) is 45.2 Å². The number of hydrogen-bond acceptors (Lipinski definition) is 6. The maximum atomic E-state index is 14.8. The van der Waals surface area contributed by atoms with Gasteiger partial charge < -0.3 is 20.6 Å². The van der Waals surface area contributed by atoms with E-state index in [-0.39, 0.29) is 6.04 Å². The molecule has 6 rings (SSSR count). The van der Waals surface area contributed by atoms with E-state index in [1.807, 2.05) is 43.4 Å². The molecule has 1 atom stereocenters. The van der Waals surface area contributed by atoms with Crippen molar-refractivity contribution in [2.75, 3.05) is 25.5 Å². The van der Waals surface area contributed by atoms with Crippen LogP contribution in [0, 0.1) is 11.8 Å². The van der Waals surface area contributed by atoms with E-state index < -0.39 is 6.09 Å². The number of benzene rings is 1. The average Bonchev–Trinajstić information content (AvgIpc) is 3.59. The maximum Gasteiger partial charge on any atom is 0.407 e. The Morgan fingerprint density at radius 3 is 2.93 bits per heavy atom. The largest absolute Gasteiger partial charge is 0.465 e. The highest BCUT2D eigenvalue weighted by molar-refractivity contribution is 7.20. The summed E-state index contributed by atoms with van der Waals surface area (Å²) in [6, 6.07) is 7.95. The molecule has 0 radical (unpaired) electrons. The Bertz CT molecular complexity index is 1710. The van der Waals surface area contributed by atoms with Gasteiger partial charge >= 0.3 is 6.09 Å². The normalized spacial score (nSPS) is 16.0. The van der Waals surface area contributed by atoms with Gasteiger partial charge in [-0.3, -0.25) is 4.68 Å². The van der Waals surface area contributed by atoms with Gasteiger partial charge in [0.2, 0.25) is 0 Å². The van der Waals surface area contributed by atoms with Gasteiger partial charge in [-0.25, -0.2) is 14.8 Å². The fourth-order valence-corrected chi connectivity index (χ4v) is 5.65. The van der Waals surface area contributed by atoms with E-state index in [2.05, 4.69) is 44.6 Å². The van der Waals surface area contributed by atoms with Crippen LogP contribution in [0.4, 0.5) is 20.8 Å². The zero-order valence-corrected chi connectivity index (χ0v) is 24.5. The van der Waals surface area contributed by atoms with Crippen LogP contribution in [0.15, 0.2) is 66.5 Å². The van der Waals surface area contributed by atoms with Gasteiger partial charge in [-0.15, -0.1) is 16.2 Å². The lowest BCUT2D eigenvalue weighted by Gasteiger charge is -2.21. The number of fused-ring (bicyclic) bond motifs is 2. The number of thiophene rings is 1. The molecular formula is C31H34FN7O2S. The van der Waals surface area contributed by atoms with Crippen LogP contribution in [0.5, 0.6) is 0 Å². The minimum atomic E-state index is -0.855. The third-order valence-corrected chi connectivity index (χ3v) is 7.98. The van der Waals surface area contributed by atoms with E-state index in [1.165, 1.54) is 11.3 Å². The van der Waals surface area contributed by atoms with Crippen LogP contribution >= 0.6 is 11.3 Å². The first-order valence-corrected chi connectivity index (χ1v) is 14.8. The second-order valence-corrected chi connectivity index (χ2v) is 11.2. The van der Waals surface area contributed by atoms with Crippen molar-refractivity contribution in [1.29, 1.82) is 0 Å². The quantitative estimate of drug-likeness (QED) is 0.224. The molecule has 0 spiro atoms. The molecule has 0 saturated carbocycles. The molecule has 3 aromatic heterocycles. The van der Waals surface area contributed by atoms with Crippen LogP contribution in [0.3, 0.4) is 0 Å². The van der Waals surface area contributed by atoms with E-state index in [1.54, 1.807) is 35.5 Å². The summed E-state index contributed by atoms with van der Waals surface area (Å²) in [4.78, 5) is 21.8. The molecule has 1 aliphatic heterocycles. The second kappa shape index (κ2) is 13.5. The van der Waals surface area contributed by atoms with Crippen molar-refractivity contribution in [1.82, 2.24) is 29.8 Å². The number of carboxylic acid groups (broad SMARTS) is 1. The molecule has 218 valence electrons. The summed E-state index contributed by atoms with van der Waals surface area (Å²) in [5, 5.41) is 15.0. The number of carbonyl (C=O) groups is 1. The lowest BCUT2D eigenvalue weighted by molar-refractivity contribution is 0.156. The zero-order valence-electron chi connectivity index (χ0n) is 23.7. The van der Waals surface area contributed by atoms with E-state index >= 15 is 0 Å². The Morgan fingerprint density at radius 2 is 2.17 bits per heavy atom. The zero-order chi connectivity index (χ0) is 29.5. The number of halogens is 1. The fourth-order valence-electron chi connectivity index (χ4n) is 4.74. The molecule has 1 aliphatic carbocycles. The van der Waals surface area contributed by atoms with Crippen LogP contribution in [-0.2, 0) is 6.54 Å². The monoisotopic (exact) mass is 587 g/mol. The molecule has 1 unspecified atom stereocenters. The third-order valence-electron chi connectivity index (χ3n) is 6.94. The van der Waals surface area contributed by atoms with Crippen LogP contribution in [0.2, 0.25) is 0 Å². The highest BCUT2D eigenvalue weighted by atomic mass is 32.1. The second-order valence-electron chi connectivity index (χ2n) is 10.1. The molecular weight excluding hydrogens is 553 g/mol. The van der Waals surface area contributed by atoms with Gasteiger partial charge in [0.25, 0.3) is 0 Å². The van der Waals surface area contributed by atoms with Gasteiger partial charge in [0.1, 0.15) is 11.8 Å². The summed E-state index contributed by atoms with van der Waals surface area (Å²) in [5.41, 5.74) is 4.08. The summed E-state index contributed by atoms with van der Waals surface area (Å²) in [7, 11) is 1.56. The van der Waals surface area contributed by atoms with Gasteiger partial charge in [0.15, 0.2) is 5.82 Å².